The minimum absolute atomic E-state index is 0.140. The fourth-order valence-corrected chi connectivity index (χ4v) is 1.88. The Morgan fingerprint density at radius 1 is 1.25 bits per heavy atom. The maximum Gasteiger partial charge on any atom is 0.266 e. The lowest BCUT2D eigenvalue weighted by Crippen LogP contribution is -2.27. The Morgan fingerprint density at radius 2 is 1.95 bits per heavy atom. The highest BCUT2D eigenvalue weighted by Gasteiger charge is 2.09. The van der Waals surface area contributed by atoms with Crippen molar-refractivity contribution in [2.24, 2.45) is 5.73 Å². The molecule has 5 heteroatoms. The first-order valence-corrected chi connectivity index (χ1v) is 6.60. The van der Waals surface area contributed by atoms with Crippen LogP contribution in [0.2, 0.25) is 0 Å². The molecule has 1 heterocycles. The summed E-state index contributed by atoms with van der Waals surface area (Å²) in [4.78, 5) is 11.6. The molecule has 0 spiro atoms. The van der Waals surface area contributed by atoms with Crippen LogP contribution in [-0.2, 0) is 6.54 Å². The molecule has 0 saturated carbocycles. The van der Waals surface area contributed by atoms with Crippen LogP contribution < -0.4 is 16.0 Å². The van der Waals surface area contributed by atoms with Crippen LogP contribution in [0.4, 0.5) is 0 Å². The molecular formula is C15H19N3O2. The van der Waals surface area contributed by atoms with E-state index < -0.39 is 0 Å². The first-order chi connectivity index (χ1) is 9.56. The summed E-state index contributed by atoms with van der Waals surface area (Å²) in [7, 11) is 0. The zero-order chi connectivity index (χ0) is 14.5. The number of aromatic nitrogens is 2. The number of ether oxygens (including phenoxy) is 1. The van der Waals surface area contributed by atoms with Crippen LogP contribution in [0.3, 0.4) is 0 Å². The topological polar surface area (TPSA) is 70.1 Å². The van der Waals surface area contributed by atoms with Gasteiger partial charge in [0, 0.05) is 18.3 Å². The van der Waals surface area contributed by atoms with E-state index in [-0.39, 0.29) is 17.7 Å². The van der Waals surface area contributed by atoms with E-state index >= 15 is 0 Å². The molecule has 1 aromatic carbocycles. The minimum Gasteiger partial charge on any atom is -0.491 e. The zero-order valence-electron chi connectivity index (χ0n) is 11.7. The van der Waals surface area contributed by atoms with E-state index in [0.717, 1.165) is 11.3 Å². The van der Waals surface area contributed by atoms with Gasteiger partial charge in [-0.25, -0.2) is 4.68 Å². The van der Waals surface area contributed by atoms with Gasteiger partial charge in [-0.1, -0.05) is 12.1 Å². The van der Waals surface area contributed by atoms with Gasteiger partial charge in [0.1, 0.15) is 5.75 Å². The van der Waals surface area contributed by atoms with Gasteiger partial charge in [-0.2, -0.15) is 5.10 Å². The molecule has 2 rings (SSSR count). The molecule has 0 saturated heterocycles. The van der Waals surface area contributed by atoms with Gasteiger partial charge in [0.25, 0.3) is 5.56 Å². The number of nitrogens with zero attached hydrogens (tertiary/aromatic N) is 2. The van der Waals surface area contributed by atoms with Crippen molar-refractivity contribution >= 4 is 0 Å². The lowest BCUT2D eigenvalue weighted by molar-refractivity contribution is 0.242. The number of rotatable bonds is 5. The largest absolute Gasteiger partial charge is 0.491 e. The normalized spacial score (nSPS) is 12.4. The van der Waals surface area contributed by atoms with Gasteiger partial charge in [-0.15, -0.1) is 0 Å². The van der Waals surface area contributed by atoms with Crippen molar-refractivity contribution in [2.75, 3.05) is 0 Å². The highest BCUT2D eigenvalue weighted by atomic mass is 16.5. The molecule has 0 radical (unpaired) electrons. The molecule has 5 nitrogen and oxygen atoms in total. The second kappa shape index (κ2) is 6.34. The summed E-state index contributed by atoms with van der Waals surface area (Å²) < 4.78 is 6.94. The van der Waals surface area contributed by atoms with Crippen LogP contribution >= 0.6 is 0 Å². The predicted molar refractivity (Wildman–Crippen MR) is 77.6 cm³/mol. The fraction of sp³-hybridized carbons (Fsp3) is 0.333. The molecule has 2 aromatic rings. The standard InChI is InChI=1S/C15H19N3O2/c1-11(2)20-13-7-5-12(6-8-13)14(16)10-18-15(19)4-3-9-17-18/h3-9,11,14H,10,16H2,1-2H3. The second-order valence-corrected chi connectivity index (χ2v) is 4.89. The van der Waals surface area contributed by atoms with E-state index in [1.807, 2.05) is 38.1 Å². The van der Waals surface area contributed by atoms with E-state index in [1.54, 1.807) is 12.3 Å². The molecule has 2 N–H and O–H groups in total. The molecule has 0 fully saturated rings. The van der Waals surface area contributed by atoms with Gasteiger partial charge in [0.05, 0.1) is 12.6 Å². The molecule has 1 aromatic heterocycles. The smallest absolute Gasteiger partial charge is 0.266 e. The van der Waals surface area contributed by atoms with E-state index in [0.29, 0.717) is 6.54 Å². The summed E-state index contributed by atoms with van der Waals surface area (Å²) >= 11 is 0. The Morgan fingerprint density at radius 3 is 2.55 bits per heavy atom. The van der Waals surface area contributed by atoms with E-state index in [1.165, 1.54) is 10.7 Å². The van der Waals surface area contributed by atoms with E-state index in [4.69, 9.17) is 10.5 Å². The summed E-state index contributed by atoms with van der Waals surface area (Å²) in [5.41, 5.74) is 6.90. The third kappa shape index (κ3) is 3.68. The number of nitrogens with two attached hydrogens (primary N) is 1. The third-order valence-electron chi connectivity index (χ3n) is 2.83. The summed E-state index contributed by atoms with van der Waals surface area (Å²) in [5.74, 6) is 0.811. The van der Waals surface area contributed by atoms with Crippen molar-refractivity contribution in [3.8, 4) is 5.75 Å². The van der Waals surface area contributed by atoms with E-state index in [9.17, 15) is 4.79 Å². The molecule has 0 aliphatic carbocycles. The lowest BCUT2D eigenvalue weighted by atomic mass is 10.1. The molecule has 0 aliphatic heterocycles. The SMILES string of the molecule is CC(C)Oc1ccc(C(N)Cn2ncccc2=O)cc1. The summed E-state index contributed by atoms with van der Waals surface area (Å²) in [6.07, 6.45) is 1.72. The lowest BCUT2D eigenvalue weighted by Gasteiger charge is -2.14. The van der Waals surface area contributed by atoms with Gasteiger partial charge in [0.15, 0.2) is 0 Å². The summed E-state index contributed by atoms with van der Waals surface area (Å²) in [6.45, 7) is 4.31. The van der Waals surface area contributed by atoms with Crippen molar-refractivity contribution in [3.63, 3.8) is 0 Å². The average molecular weight is 273 g/mol. The van der Waals surface area contributed by atoms with Crippen LogP contribution in [0.25, 0.3) is 0 Å². The van der Waals surface area contributed by atoms with Crippen molar-refractivity contribution in [1.82, 2.24) is 9.78 Å². The third-order valence-corrected chi connectivity index (χ3v) is 2.83. The van der Waals surface area contributed by atoms with Crippen molar-refractivity contribution in [1.29, 1.82) is 0 Å². The quantitative estimate of drug-likeness (QED) is 0.900. The van der Waals surface area contributed by atoms with Crippen molar-refractivity contribution in [3.05, 3.63) is 58.5 Å². The van der Waals surface area contributed by atoms with Crippen LogP contribution in [0, 0.1) is 0 Å². The van der Waals surface area contributed by atoms with Gasteiger partial charge in [-0.3, -0.25) is 4.79 Å². The zero-order valence-corrected chi connectivity index (χ0v) is 11.7. The summed E-state index contributed by atoms with van der Waals surface area (Å²) in [6, 6.07) is 10.4. The molecule has 1 unspecified atom stereocenters. The second-order valence-electron chi connectivity index (χ2n) is 4.89. The molecular weight excluding hydrogens is 254 g/mol. The van der Waals surface area contributed by atoms with E-state index in [2.05, 4.69) is 5.10 Å². The summed E-state index contributed by atoms with van der Waals surface area (Å²) in [5, 5.41) is 4.00. The van der Waals surface area contributed by atoms with Crippen LogP contribution in [0.1, 0.15) is 25.5 Å². The van der Waals surface area contributed by atoms with Crippen LogP contribution in [0.5, 0.6) is 5.75 Å². The Balaban J connectivity index is 2.08. The maximum atomic E-state index is 11.6. The predicted octanol–water partition coefficient (Wildman–Crippen LogP) is 1.73. The minimum atomic E-state index is -0.282. The first kappa shape index (κ1) is 14.3. The highest BCUT2D eigenvalue weighted by molar-refractivity contribution is 5.29. The highest BCUT2D eigenvalue weighted by Crippen LogP contribution is 2.18. The Labute approximate surface area is 118 Å². The average Bonchev–Trinajstić information content (AvgIpc) is 2.41. The van der Waals surface area contributed by atoms with Crippen LogP contribution in [0.15, 0.2) is 47.4 Å². The maximum absolute atomic E-state index is 11.6. The Kier molecular flexibility index (Phi) is 4.53. The van der Waals surface area contributed by atoms with Gasteiger partial charge in [-0.05, 0) is 37.6 Å². The molecule has 0 bridgehead atoms. The van der Waals surface area contributed by atoms with Gasteiger partial charge >= 0.3 is 0 Å². The van der Waals surface area contributed by atoms with Gasteiger partial charge in [0.2, 0.25) is 0 Å². The Bertz CT molecular complexity index is 605. The molecule has 0 amide bonds. The first-order valence-electron chi connectivity index (χ1n) is 6.60. The number of hydrogen-bond donors (Lipinski definition) is 1. The molecule has 1 atom stereocenters. The van der Waals surface area contributed by atoms with Gasteiger partial charge < -0.3 is 10.5 Å². The van der Waals surface area contributed by atoms with Crippen molar-refractivity contribution < 1.29 is 4.74 Å². The monoisotopic (exact) mass is 273 g/mol. The number of benzene rings is 1. The molecule has 0 aliphatic rings. The Hall–Kier alpha value is -2.14. The van der Waals surface area contributed by atoms with Crippen molar-refractivity contribution in [2.45, 2.75) is 32.5 Å². The molecule has 106 valence electrons. The fourth-order valence-electron chi connectivity index (χ4n) is 1.88. The van der Waals surface area contributed by atoms with Crippen LogP contribution in [-0.4, -0.2) is 15.9 Å². The number of hydrogen-bond acceptors (Lipinski definition) is 4. The molecule has 20 heavy (non-hydrogen) atoms.